The fourth-order valence-corrected chi connectivity index (χ4v) is 4.23. The number of carbonyl (C=O) groups is 1. The van der Waals surface area contributed by atoms with E-state index >= 15 is 0 Å². The maximum Gasteiger partial charge on any atom is 0.348 e. The first-order chi connectivity index (χ1) is 16.7. The van der Waals surface area contributed by atoms with Crippen LogP contribution in [0.25, 0.3) is 17.1 Å². The Balaban J connectivity index is 1.85. The number of aromatic amines is 1. The molecule has 0 radical (unpaired) electrons. The van der Waals surface area contributed by atoms with Crippen molar-refractivity contribution in [2.75, 3.05) is 19.5 Å². The van der Waals surface area contributed by atoms with Crippen molar-refractivity contribution in [3.8, 4) is 28.7 Å². The number of nitrogens with zero attached hydrogens (tertiary/aromatic N) is 3. The van der Waals surface area contributed by atoms with E-state index in [0.29, 0.717) is 33.9 Å². The normalized spacial score (nSPS) is 10.7. The number of aromatic carboxylic acids is 1. The number of hydrogen-bond donors (Lipinski definition) is 5. The van der Waals surface area contributed by atoms with Gasteiger partial charge in [0.1, 0.15) is 16.5 Å². The minimum absolute atomic E-state index is 0.00278. The number of methoxy groups -OCH3 is 2. The van der Waals surface area contributed by atoms with Crippen LogP contribution in [-0.4, -0.2) is 50.9 Å². The van der Waals surface area contributed by atoms with Crippen LogP contribution < -0.4 is 26.2 Å². The Morgan fingerprint density at radius 1 is 1.26 bits per heavy atom. The van der Waals surface area contributed by atoms with Crippen molar-refractivity contribution in [1.29, 1.82) is 5.41 Å². The summed E-state index contributed by atoms with van der Waals surface area (Å²) >= 11 is 1.01. The summed E-state index contributed by atoms with van der Waals surface area (Å²) in [6, 6.07) is 8.38. The average molecular weight is 496 g/mol. The maximum atomic E-state index is 12.8. The number of benzene rings is 1. The Bertz CT molecular complexity index is 1490. The standard InChI is InChI=1S/C22H21N7O5S/c1-10-9-35-16(21(30)31)15(10)29-22(32)27-19(28-29)13-8-14(33-2)20(34-3)26-18(13)25-12-6-4-11(5-7-12)17(23)24/h4-9H,1-3H3,(H3,23,24)(H,25,26)(H,30,31)(H,27,28,32). The molecule has 12 nitrogen and oxygen atoms in total. The van der Waals surface area contributed by atoms with Gasteiger partial charge < -0.3 is 25.6 Å². The van der Waals surface area contributed by atoms with Crippen molar-refractivity contribution in [2.45, 2.75) is 6.92 Å². The summed E-state index contributed by atoms with van der Waals surface area (Å²) in [7, 11) is 2.89. The molecule has 180 valence electrons. The van der Waals surface area contributed by atoms with Crippen LogP contribution >= 0.6 is 11.3 Å². The van der Waals surface area contributed by atoms with Crippen LogP contribution in [0.5, 0.6) is 11.6 Å². The number of hydrogen-bond acceptors (Lipinski definition) is 9. The quantitative estimate of drug-likeness (QED) is 0.181. The topological polar surface area (TPSA) is 181 Å². The number of pyridine rings is 1. The number of nitrogens with two attached hydrogens (primary N) is 1. The molecule has 0 saturated carbocycles. The van der Waals surface area contributed by atoms with Crippen molar-refractivity contribution in [3.05, 3.63) is 62.2 Å². The number of carboxylic acid groups (broad SMARTS) is 1. The number of anilines is 2. The van der Waals surface area contributed by atoms with Crippen LogP contribution in [0.4, 0.5) is 11.5 Å². The lowest BCUT2D eigenvalue weighted by molar-refractivity contribution is 0.0702. The van der Waals surface area contributed by atoms with Crippen molar-refractivity contribution < 1.29 is 19.4 Å². The Morgan fingerprint density at radius 2 is 1.97 bits per heavy atom. The average Bonchev–Trinajstić information content (AvgIpc) is 3.40. The summed E-state index contributed by atoms with van der Waals surface area (Å²) in [5.74, 6) is -0.295. The van der Waals surface area contributed by atoms with E-state index in [1.165, 1.54) is 14.2 Å². The summed E-state index contributed by atoms with van der Waals surface area (Å²) in [4.78, 5) is 31.6. The summed E-state index contributed by atoms with van der Waals surface area (Å²) < 4.78 is 11.7. The van der Waals surface area contributed by atoms with Crippen LogP contribution in [0.1, 0.15) is 20.8 Å². The second kappa shape index (κ2) is 9.30. The predicted molar refractivity (Wildman–Crippen MR) is 131 cm³/mol. The zero-order chi connectivity index (χ0) is 25.3. The van der Waals surface area contributed by atoms with E-state index < -0.39 is 11.7 Å². The molecule has 0 bridgehead atoms. The Hall–Kier alpha value is -4.65. The van der Waals surface area contributed by atoms with E-state index in [9.17, 15) is 14.7 Å². The van der Waals surface area contributed by atoms with Gasteiger partial charge in [0, 0.05) is 17.3 Å². The van der Waals surface area contributed by atoms with Gasteiger partial charge in [0.2, 0.25) is 0 Å². The molecular formula is C22H21N7O5S. The molecule has 0 unspecified atom stereocenters. The van der Waals surface area contributed by atoms with E-state index in [2.05, 4.69) is 20.4 Å². The van der Waals surface area contributed by atoms with Gasteiger partial charge in [-0.1, -0.05) is 0 Å². The van der Waals surface area contributed by atoms with Crippen LogP contribution in [-0.2, 0) is 0 Å². The summed E-state index contributed by atoms with van der Waals surface area (Å²) in [6.07, 6.45) is 0. The van der Waals surface area contributed by atoms with E-state index in [4.69, 9.17) is 20.6 Å². The number of amidine groups is 1. The van der Waals surface area contributed by atoms with Gasteiger partial charge in [0.15, 0.2) is 11.6 Å². The number of nitrogen functional groups attached to an aromatic ring is 1. The zero-order valence-corrected chi connectivity index (χ0v) is 19.7. The number of carboxylic acids is 1. The minimum Gasteiger partial charge on any atom is -0.491 e. The molecule has 0 aliphatic heterocycles. The molecule has 35 heavy (non-hydrogen) atoms. The number of aromatic nitrogens is 4. The molecule has 3 aromatic heterocycles. The molecule has 0 amide bonds. The molecule has 0 fully saturated rings. The van der Waals surface area contributed by atoms with E-state index in [1.54, 1.807) is 42.6 Å². The third-order valence-electron chi connectivity index (χ3n) is 5.05. The molecular weight excluding hydrogens is 474 g/mol. The van der Waals surface area contributed by atoms with Gasteiger partial charge in [-0.25, -0.2) is 9.59 Å². The number of rotatable bonds is 8. The zero-order valence-electron chi connectivity index (χ0n) is 18.9. The van der Waals surface area contributed by atoms with Crippen LogP contribution in [0.2, 0.25) is 0 Å². The molecule has 1 aromatic carbocycles. The molecule has 13 heteroatoms. The first-order valence-corrected chi connectivity index (χ1v) is 11.0. The van der Waals surface area contributed by atoms with Gasteiger partial charge in [-0.3, -0.25) is 10.4 Å². The molecule has 0 atom stereocenters. The van der Waals surface area contributed by atoms with E-state index in [-0.39, 0.29) is 28.1 Å². The monoisotopic (exact) mass is 495 g/mol. The molecule has 0 aliphatic carbocycles. The minimum atomic E-state index is -1.15. The van der Waals surface area contributed by atoms with Gasteiger partial charge in [0.25, 0.3) is 5.88 Å². The van der Waals surface area contributed by atoms with Gasteiger partial charge in [0.05, 0.1) is 25.5 Å². The number of ether oxygens (including phenoxy) is 2. The third-order valence-corrected chi connectivity index (χ3v) is 6.12. The van der Waals surface area contributed by atoms with Gasteiger partial charge >= 0.3 is 11.7 Å². The van der Waals surface area contributed by atoms with Crippen molar-refractivity contribution in [3.63, 3.8) is 0 Å². The Kier molecular flexibility index (Phi) is 6.25. The van der Waals surface area contributed by atoms with Crippen molar-refractivity contribution >= 4 is 34.6 Å². The van der Waals surface area contributed by atoms with E-state index in [1.807, 2.05) is 0 Å². The molecule has 4 rings (SSSR count). The smallest absolute Gasteiger partial charge is 0.348 e. The van der Waals surface area contributed by atoms with Gasteiger partial charge in [-0.05, 0) is 42.1 Å². The SMILES string of the molecule is COc1cc(-c2nn(-c3c(C)csc3C(=O)O)c(=O)[nH]2)c(Nc2ccc(C(=N)N)cc2)nc1OC. The van der Waals surface area contributed by atoms with Crippen LogP contribution in [0.3, 0.4) is 0 Å². The highest BCUT2D eigenvalue weighted by Crippen LogP contribution is 2.36. The lowest BCUT2D eigenvalue weighted by atomic mass is 10.2. The Morgan fingerprint density at radius 3 is 2.57 bits per heavy atom. The van der Waals surface area contributed by atoms with E-state index in [0.717, 1.165) is 16.0 Å². The number of H-pyrrole nitrogens is 1. The first-order valence-electron chi connectivity index (χ1n) is 10.1. The number of thiophene rings is 1. The molecule has 4 aromatic rings. The third kappa shape index (κ3) is 4.44. The lowest BCUT2D eigenvalue weighted by Crippen LogP contribution is -2.18. The summed E-state index contributed by atoms with van der Waals surface area (Å²) in [5, 5.41) is 26.2. The molecule has 6 N–H and O–H groups in total. The Labute approximate surface area is 202 Å². The largest absolute Gasteiger partial charge is 0.491 e. The maximum absolute atomic E-state index is 12.8. The predicted octanol–water partition coefficient (Wildman–Crippen LogP) is 2.74. The second-order valence-corrected chi connectivity index (χ2v) is 8.18. The molecule has 0 aliphatic rings. The van der Waals surface area contributed by atoms with Crippen molar-refractivity contribution in [2.24, 2.45) is 5.73 Å². The highest BCUT2D eigenvalue weighted by Gasteiger charge is 2.23. The highest BCUT2D eigenvalue weighted by molar-refractivity contribution is 7.12. The lowest BCUT2D eigenvalue weighted by Gasteiger charge is -2.14. The fourth-order valence-electron chi connectivity index (χ4n) is 3.37. The molecule has 0 spiro atoms. The molecule has 0 saturated heterocycles. The highest BCUT2D eigenvalue weighted by atomic mass is 32.1. The molecule has 3 heterocycles. The van der Waals surface area contributed by atoms with Crippen LogP contribution in [0.15, 0.2) is 40.5 Å². The second-order valence-electron chi connectivity index (χ2n) is 7.30. The fraction of sp³-hybridized carbons (Fsp3) is 0.136. The van der Waals surface area contributed by atoms with Gasteiger partial charge in [-0.2, -0.15) is 9.67 Å². The van der Waals surface area contributed by atoms with Gasteiger partial charge in [-0.15, -0.1) is 16.4 Å². The first kappa shape index (κ1) is 23.5. The van der Waals surface area contributed by atoms with Crippen LogP contribution in [0, 0.1) is 12.3 Å². The van der Waals surface area contributed by atoms with Crippen molar-refractivity contribution in [1.82, 2.24) is 19.7 Å². The summed E-state index contributed by atoms with van der Waals surface area (Å²) in [5.41, 5.74) is 7.25. The number of aryl methyl sites for hydroxylation is 1. The number of nitrogens with one attached hydrogen (secondary N) is 3. The summed E-state index contributed by atoms with van der Waals surface area (Å²) in [6.45, 7) is 1.70.